The number of hydrogen-bond donors (Lipinski definition) is 1. The van der Waals surface area contributed by atoms with Crippen LogP contribution in [0.4, 0.5) is 0 Å². The zero-order valence-electron chi connectivity index (χ0n) is 9.77. The quantitative estimate of drug-likeness (QED) is 0.876. The fourth-order valence-electron chi connectivity index (χ4n) is 1.47. The molecule has 0 aliphatic carbocycles. The van der Waals surface area contributed by atoms with Crippen molar-refractivity contribution in [3.63, 3.8) is 0 Å². The second-order valence-corrected chi connectivity index (χ2v) is 5.02. The Morgan fingerprint density at radius 2 is 2.05 bits per heavy atom. The molecule has 0 bridgehead atoms. The van der Waals surface area contributed by atoms with Gasteiger partial charge in [-0.2, -0.15) is 0 Å². The van der Waals surface area contributed by atoms with Gasteiger partial charge >= 0.3 is 0 Å². The molecule has 0 amide bonds. The van der Waals surface area contributed by atoms with Crippen molar-refractivity contribution in [1.29, 1.82) is 0 Å². The molecule has 0 spiro atoms. The van der Waals surface area contributed by atoms with Crippen molar-refractivity contribution in [2.24, 2.45) is 5.73 Å². The Kier molecular flexibility index (Phi) is 4.58. The van der Waals surface area contributed by atoms with Crippen molar-refractivity contribution in [2.45, 2.75) is 6.61 Å². The molecule has 0 saturated heterocycles. The number of rotatable bonds is 4. The summed E-state index contributed by atoms with van der Waals surface area (Å²) in [6.07, 6.45) is 3.23. The Labute approximate surface area is 126 Å². The number of pyridine rings is 1. The number of halogens is 2. The van der Waals surface area contributed by atoms with E-state index in [-0.39, 0.29) is 4.99 Å². The van der Waals surface area contributed by atoms with Crippen LogP contribution in [0.5, 0.6) is 5.75 Å². The molecule has 0 aliphatic heterocycles. The molecule has 2 aromatic rings. The van der Waals surface area contributed by atoms with Gasteiger partial charge in [0, 0.05) is 23.5 Å². The molecule has 0 aliphatic rings. The van der Waals surface area contributed by atoms with E-state index in [1.54, 1.807) is 36.7 Å². The Balaban J connectivity index is 2.11. The smallest absolute Gasteiger partial charge is 0.121 e. The van der Waals surface area contributed by atoms with E-state index < -0.39 is 0 Å². The number of thiocarbonyl (C=S) groups is 1. The second kappa shape index (κ2) is 6.19. The fourth-order valence-corrected chi connectivity index (χ4v) is 2.15. The summed E-state index contributed by atoms with van der Waals surface area (Å²) >= 11 is 16.9. The zero-order valence-corrected chi connectivity index (χ0v) is 12.1. The average Bonchev–Trinajstić information content (AvgIpc) is 2.37. The third kappa shape index (κ3) is 3.56. The normalized spacial score (nSPS) is 10.2. The number of hydrogen-bond acceptors (Lipinski definition) is 3. The van der Waals surface area contributed by atoms with Crippen molar-refractivity contribution >= 4 is 40.4 Å². The lowest BCUT2D eigenvalue weighted by molar-refractivity contribution is 0.306. The average molecular weight is 313 g/mol. The maximum absolute atomic E-state index is 6.05. The molecule has 3 nitrogen and oxygen atoms in total. The Morgan fingerprint density at radius 3 is 2.68 bits per heavy atom. The highest BCUT2D eigenvalue weighted by atomic mass is 35.5. The van der Waals surface area contributed by atoms with E-state index in [1.807, 2.05) is 0 Å². The van der Waals surface area contributed by atoms with Crippen LogP contribution in [0, 0.1) is 0 Å². The van der Waals surface area contributed by atoms with Crippen molar-refractivity contribution in [3.05, 3.63) is 57.8 Å². The van der Waals surface area contributed by atoms with Crippen LogP contribution in [0.15, 0.2) is 36.7 Å². The van der Waals surface area contributed by atoms with Gasteiger partial charge in [-0.05, 0) is 24.3 Å². The van der Waals surface area contributed by atoms with Crippen LogP contribution in [0.3, 0.4) is 0 Å². The summed E-state index contributed by atoms with van der Waals surface area (Å²) in [6.45, 7) is 0.337. The van der Waals surface area contributed by atoms with Gasteiger partial charge in [-0.15, -0.1) is 0 Å². The van der Waals surface area contributed by atoms with E-state index >= 15 is 0 Å². The predicted molar refractivity (Wildman–Crippen MR) is 80.9 cm³/mol. The highest BCUT2D eigenvalue weighted by Gasteiger charge is 2.06. The molecule has 0 unspecified atom stereocenters. The van der Waals surface area contributed by atoms with Gasteiger partial charge in [0.2, 0.25) is 0 Å². The summed E-state index contributed by atoms with van der Waals surface area (Å²) in [4.78, 5) is 4.17. The Bertz CT molecular complexity index is 619. The van der Waals surface area contributed by atoms with E-state index in [4.69, 9.17) is 45.9 Å². The number of nitrogens with zero attached hydrogens (tertiary/aromatic N) is 1. The van der Waals surface area contributed by atoms with Crippen LogP contribution >= 0.6 is 35.4 Å². The van der Waals surface area contributed by atoms with Gasteiger partial charge in [-0.25, -0.2) is 0 Å². The van der Waals surface area contributed by atoms with Crippen molar-refractivity contribution in [2.75, 3.05) is 0 Å². The van der Waals surface area contributed by atoms with E-state index in [2.05, 4.69) is 4.98 Å². The first kappa shape index (κ1) is 14.1. The first-order chi connectivity index (χ1) is 9.08. The molecule has 6 heteroatoms. The molecule has 98 valence electrons. The summed E-state index contributed by atoms with van der Waals surface area (Å²) in [5.74, 6) is 0.623. The molecule has 1 aromatic carbocycles. The molecule has 0 saturated carbocycles. The van der Waals surface area contributed by atoms with Gasteiger partial charge in [-0.3, -0.25) is 4.98 Å². The molecular formula is C13H10Cl2N2OS. The van der Waals surface area contributed by atoms with Gasteiger partial charge in [0.15, 0.2) is 0 Å². The molecule has 0 fully saturated rings. The summed E-state index contributed by atoms with van der Waals surface area (Å²) in [5, 5.41) is 1.03. The molecule has 2 rings (SSSR count). The lowest BCUT2D eigenvalue weighted by Crippen LogP contribution is -2.09. The number of aromatic nitrogens is 1. The molecule has 1 heterocycles. The zero-order chi connectivity index (χ0) is 13.8. The highest BCUT2D eigenvalue weighted by molar-refractivity contribution is 7.80. The minimum atomic E-state index is 0.258. The summed E-state index contributed by atoms with van der Waals surface area (Å²) in [6, 6.07) is 6.96. The molecule has 2 N–H and O–H groups in total. The summed E-state index contributed by atoms with van der Waals surface area (Å²) in [5.41, 5.74) is 7.01. The maximum atomic E-state index is 6.05. The Hall–Kier alpha value is -1.36. The van der Waals surface area contributed by atoms with Crippen LogP contribution in [0.25, 0.3) is 0 Å². The van der Waals surface area contributed by atoms with Gasteiger partial charge in [0.05, 0.1) is 10.0 Å². The number of benzene rings is 1. The second-order valence-electron chi connectivity index (χ2n) is 3.76. The summed E-state index contributed by atoms with van der Waals surface area (Å²) in [7, 11) is 0. The van der Waals surface area contributed by atoms with E-state index in [0.29, 0.717) is 28.0 Å². The third-order valence-corrected chi connectivity index (χ3v) is 3.33. The first-order valence-electron chi connectivity index (χ1n) is 5.38. The van der Waals surface area contributed by atoms with Crippen LogP contribution in [-0.4, -0.2) is 9.97 Å². The standard InChI is InChI=1S/C13H10Cl2N2OS/c14-11-5-9(1-2-10(11)13(16)19)18-7-8-3-4-17-6-12(8)15/h1-6H,7H2,(H2,16,19). The SMILES string of the molecule is NC(=S)c1ccc(OCc2ccncc2Cl)cc1Cl. The minimum Gasteiger partial charge on any atom is -0.489 e. The lowest BCUT2D eigenvalue weighted by atomic mass is 10.2. The topological polar surface area (TPSA) is 48.1 Å². The van der Waals surface area contributed by atoms with E-state index in [9.17, 15) is 0 Å². The van der Waals surface area contributed by atoms with Crippen molar-refractivity contribution in [3.8, 4) is 5.75 Å². The van der Waals surface area contributed by atoms with Crippen molar-refractivity contribution < 1.29 is 4.74 Å². The molecule has 1 aromatic heterocycles. The monoisotopic (exact) mass is 312 g/mol. The van der Waals surface area contributed by atoms with Gasteiger partial charge in [-0.1, -0.05) is 35.4 Å². The van der Waals surface area contributed by atoms with Crippen molar-refractivity contribution in [1.82, 2.24) is 4.98 Å². The number of nitrogens with two attached hydrogens (primary N) is 1. The molecule has 19 heavy (non-hydrogen) atoms. The Morgan fingerprint density at radius 1 is 1.26 bits per heavy atom. The van der Waals surface area contributed by atoms with Gasteiger partial charge in [0.25, 0.3) is 0 Å². The minimum absolute atomic E-state index is 0.258. The van der Waals surface area contributed by atoms with E-state index in [0.717, 1.165) is 5.56 Å². The molecular weight excluding hydrogens is 303 g/mol. The van der Waals surface area contributed by atoms with Crippen LogP contribution in [0.1, 0.15) is 11.1 Å². The number of ether oxygens (including phenoxy) is 1. The predicted octanol–water partition coefficient (Wildman–Crippen LogP) is 3.60. The third-order valence-electron chi connectivity index (χ3n) is 2.46. The lowest BCUT2D eigenvalue weighted by Gasteiger charge is -2.09. The van der Waals surface area contributed by atoms with Gasteiger partial charge in [0.1, 0.15) is 17.3 Å². The fraction of sp³-hybridized carbons (Fsp3) is 0.0769. The highest BCUT2D eigenvalue weighted by Crippen LogP contribution is 2.24. The van der Waals surface area contributed by atoms with Gasteiger partial charge < -0.3 is 10.5 Å². The first-order valence-corrected chi connectivity index (χ1v) is 6.55. The maximum Gasteiger partial charge on any atom is 0.121 e. The van der Waals surface area contributed by atoms with Crippen LogP contribution in [0.2, 0.25) is 10.0 Å². The summed E-state index contributed by atoms with van der Waals surface area (Å²) < 4.78 is 5.61. The van der Waals surface area contributed by atoms with Crippen LogP contribution in [-0.2, 0) is 6.61 Å². The largest absolute Gasteiger partial charge is 0.489 e. The van der Waals surface area contributed by atoms with Crippen LogP contribution < -0.4 is 10.5 Å². The molecule has 0 radical (unpaired) electrons. The molecule has 0 atom stereocenters. The van der Waals surface area contributed by atoms with E-state index in [1.165, 1.54) is 0 Å².